The van der Waals surface area contributed by atoms with Gasteiger partial charge in [-0.15, -0.1) is 11.3 Å². The third-order valence-electron chi connectivity index (χ3n) is 3.98. The van der Waals surface area contributed by atoms with Crippen LogP contribution < -0.4 is 9.62 Å². The summed E-state index contributed by atoms with van der Waals surface area (Å²) in [5, 5.41) is 0. The quantitative estimate of drug-likeness (QED) is 0.720. The van der Waals surface area contributed by atoms with E-state index in [9.17, 15) is 8.42 Å². The molecule has 8 heteroatoms. The predicted molar refractivity (Wildman–Crippen MR) is 102 cm³/mol. The summed E-state index contributed by atoms with van der Waals surface area (Å²) in [5.41, 5.74) is 2.86. The maximum atomic E-state index is 12.3. The van der Waals surface area contributed by atoms with Gasteiger partial charge in [-0.3, -0.25) is 4.72 Å². The molecule has 0 amide bonds. The van der Waals surface area contributed by atoms with Gasteiger partial charge in [0.05, 0.1) is 16.2 Å². The average Bonchev–Trinajstić information content (AvgIpc) is 3.22. The Morgan fingerprint density at radius 2 is 1.96 bits per heavy atom. The number of benzene rings is 1. The first kappa shape index (κ1) is 16.4. The van der Waals surface area contributed by atoms with Crippen molar-refractivity contribution < 1.29 is 8.42 Å². The van der Waals surface area contributed by atoms with E-state index in [1.165, 1.54) is 17.8 Å². The Morgan fingerprint density at radius 3 is 2.68 bits per heavy atom. The van der Waals surface area contributed by atoms with E-state index in [0.717, 1.165) is 35.8 Å². The Labute approximate surface area is 155 Å². The van der Waals surface area contributed by atoms with E-state index in [1.54, 1.807) is 12.1 Å². The highest BCUT2D eigenvalue weighted by atomic mass is 35.5. The molecule has 128 valence electrons. The van der Waals surface area contributed by atoms with E-state index < -0.39 is 10.0 Å². The number of nitrogens with one attached hydrogen (secondary N) is 1. The number of pyridine rings is 1. The fraction of sp³-hybridized carbons (Fsp3) is 0.118. The van der Waals surface area contributed by atoms with Gasteiger partial charge >= 0.3 is 0 Å². The first-order valence-corrected chi connectivity index (χ1v) is 10.3. The van der Waals surface area contributed by atoms with Crippen LogP contribution in [0, 0.1) is 0 Å². The molecule has 1 aliphatic rings. The third kappa shape index (κ3) is 3.22. The lowest BCUT2D eigenvalue weighted by Crippen LogP contribution is -2.15. The number of hydrogen-bond donors (Lipinski definition) is 1. The van der Waals surface area contributed by atoms with Crippen LogP contribution in [0.15, 0.2) is 58.9 Å². The molecule has 0 spiro atoms. The smallest absolute Gasteiger partial charge is 0.271 e. The maximum Gasteiger partial charge on any atom is 0.271 e. The number of sulfonamides is 1. The van der Waals surface area contributed by atoms with E-state index >= 15 is 0 Å². The summed E-state index contributed by atoms with van der Waals surface area (Å²) in [4.78, 5) is 6.55. The molecule has 0 saturated heterocycles. The van der Waals surface area contributed by atoms with Crippen LogP contribution in [0.5, 0.6) is 0 Å². The highest BCUT2D eigenvalue weighted by molar-refractivity contribution is 7.94. The molecule has 3 aromatic rings. The van der Waals surface area contributed by atoms with Crippen LogP contribution in [0.2, 0.25) is 4.34 Å². The van der Waals surface area contributed by atoms with Crippen molar-refractivity contribution in [2.24, 2.45) is 0 Å². The van der Waals surface area contributed by atoms with E-state index in [1.807, 2.05) is 18.2 Å². The second-order valence-corrected chi connectivity index (χ2v) is 9.22. The van der Waals surface area contributed by atoms with Crippen LogP contribution in [0.25, 0.3) is 0 Å². The molecule has 3 heterocycles. The monoisotopic (exact) mass is 391 g/mol. The second kappa shape index (κ2) is 6.33. The van der Waals surface area contributed by atoms with E-state index in [0.29, 0.717) is 10.0 Å². The minimum absolute atomic E-state index is 0.176. The number of hydrogen-bond acceptors (Lipinski definition) is 5. The van der Waals surface area contributed by atoms with Crippen molar-refractivity contribution in [3.8, 4) is 0 Å². The van der Waals surface area contributed by atoms with E-state index in [4.69, 9.17) is 11.6 Å². The van der Waals surface area contributed by atoms with Crippen molar-refractivity contribution >= 4 is 50.2 Å². The summed E-state index contributed by atoms with van der Waals surface area (Å²) in [6.45, 7) is 0.866. The first-order valence-electron chi connectivity index (χ1n) is 7.63. The molecular weight excluding hydrogens is 378 g/mol. The standard InChI is InChI=1S/C17H14ClN3O2S2/c18-15-6-8-17(24-15)25(22,23)20-13-5-7-16(19-11-13)21-10-9-12-3-1-2-4-14(12)21/h1-8,11,20H,9-10H2. The molecule has 1 aliphatic heterocycles. The summed E-state index contributed by atoms with van der Waals surface area (Å²) in [5.74, 6) is 0.798. The van der Waals surface area contributed by atoms with Crippen LogP contribution in [0.4, 0.5) is 17.2 Å². The van der Waals surface area contributed by atoms with Gasteiger partial charge in [0.2, 0.25) is 0 Å². The van der Waals surface area contributed by atoms with Crippen LogP contribution in [0.1, 0.15) is 5.56 Å². The number of para-hydroxylation sites is 1. The van der Waals surface area contributed by atoms with Gasteiger partial charge in [-0.05, 0) is 42.3 Å². The summed E-state index contributed by atoms with van der Waals surface area (Å²) in [6.07, 6.45) is 2.51. The normalized spacial score (nSPS) is 13.7. The van der Waals surface area contributed by atoms with Crippen molar-refractivity contribution in [2.45, 2.75) is 10.6 Å². The zero-order valence-electron chi connectivity index (χ0n) is 13.0. The van der Waals surface area contributed by atoms with Crippen LogP contribution in [-0.2, 0) is 16.4 Å². The van der Waals surface area contributed by atoms with Crippen molar-refractivity contribution in [2.75, 3.05) is 16.2 Å². The largest absolute Gasteiger partial charge is 0.326 e. The minimum atomic E-state index is -3.64. The molecule has 5 nitrogen and oxygen atoms in total. The summed E-state index contributed by atoms with van der Waals surface area (Å²) in [7, 11) is -3.64. The Bertz CT molecular complexity index is 1020. The SMILES string of the molecule is O=S(=O)(Nc1ccc(N2CCc3ccccc32)nc1)c1ccc(Cl)s1. The molecule has 2 aromatic heterocycles. The molecule has 1 N–H and O–H groups in total. The maximum absolute atomic E-state index is 12.3. The topological polar surface area (TPSA) is 62.3 Å². The molecule has 0 bridgehead atoms. The highest BCUT2D eigenvalue weighted by Gasteiger charge is 2.21. The van der Waals surface area contributed by atoms with Crippen LogP contribution in [0.3, 0.4) is 0 Å². The summed E-state index contributed by atoms with van der Waals surface area (Å²) in [6, 6.07) is 14.8. The van der Waals surface area contributed by atoms with Gasteiger partial charge in [0.15, 0.2) is 0 Å². The molecule has 0 fully saturated rings. The number of rotatable bonds is 4. The molecule has 4 rings (SSSR count). The highest BCUT2D eigenvalue weighted by Crippen LogP contribution is 2.33. The van der Waals surface area contributed by atoms with Gasteiger partial charge in [0, 0.05) is 12.2 Å². The molecule has 25 heavy (non-hydrogen) atoms. The number of anilines is 3. The third-order valence-corrected chi connectivity index (χ3v) is 7.08. The lowest BCUT2D eigenvalue weighted by atomic mass is 10.2. The zero-order chi connectivity index (χ0) is 17.4. The number of nitrogens with zero attached hydrogens (tertiary/aromatic N) is 2. The Balaban J connectivity index is 1.55. The Morgan fingerprint density at radius 1 is 1.12 bits per heavy atom. The fourth-order valence-electron chi connectivity index (χ4n) is 2.83. The Hall–Kier alpha value is -2.09. The molecular formula is C17H14ClN3O2S2. The summed E-state index contributed by atoms with van der Waals surface area (Å²) < 4.78 is 27.8. The van der Waals surface area contributed by atoms with Crippen molar-refractivity contribution in [1.82, 2.24) is 4.98 Å². The molecule has 1 aromatic carbocycles. The molecule has 0 unspecified atom stereocenters. The minimum Gasteiger partial charge on any atom is -0.326 e. The van der Waals surface area contributed by atoms with Crippen molar-refractivity contribution in [3.63, 3.8) is 0 Å². The molecule has 0 aliphatic carbocycles. The zero-order valence-corrected chi connectivity index (χ0v) is 15.4. The Kier molecular flexibility index (Phi) is 4.15. The average molecular weight is 392 g/mol. The first-order chi connectivity index (χ1) is 12.0. The lowest BCUT2D eigenvalue weighted by Gasteiger charge is -2.18. The van der Waals surface area contributed by atoms with Gasteiger partial charge in [0.25, 0.3) is 10.0 Å². The number of halogens is 1. The number of fused-ring (bicyclic) bond motifs is 1. The second-order valence-electron chi connectivity index (χ2n) is 5.60. The molecule has 0 atom stereocenters. The predicted octanol–water partition coefficient (Wildman–Crippen LogP) is 4.29. The summed E-state index contributed by atoms with van der Waals surface area (Å²) >= 11 is 6.83. The number of thiophene rings is 1. The molecule has 0 saturated carbocycles. The van der Waals surface area contributed by atoms with Gasteiger partial charge in [-0.2, -0.15) is 0 Å². The van der Waals surface area contributed by atoms with E-state index in [-0.39, 0.29) is 4.21 Å². The van der Waals surface area contributed by atoms with Crippen LogP contribution in [-0.4, -0.2) is 19.9 Å². The molecule has 0 radical (unpaired) electrons. The van der Waals surface area contributed by atoms with Gasteiger partial charge in [-0.1, -0.05) is 29.8 Å². The lowest BCUT2D eigenvalue weighted by molar-refractivity contribution is 0.603. The van der Waals surface area contributed by atoms with Crippen molar-refractivity contribution in [1.29, 1.82) is 0 Å². The van der Waals surface area contributed by atoms with Crippen molar-refractivity contribution in [3.05, 3.63) is 64.6 Å². The fourth-order valence-corrected chi connectivity index (χ4v) is 5.36. The number of aromatic nitrogens is 1. The van der Waals surface area contributed by atoms with Gasteiger partial charge in [-0.25, -0.2) is 13.4 Å². The van der Waals surface area contributed by atoms with Gasteiger partial charge < -0.3 is 4.90 Å². The van der Waals surface area contributed by atoms with Gasteiger partial charge in [0.1, 0.15) is 10.0 Å². The van der Waals surface area contributed by atoms with Crippen LogP contribution >= 0.6 is 22.9 Å². The van der Waals surface area contributed by atoms with E-state index in [2.05, 4.69) is 26.7 Å².